The van der Waals surface area contributed by atoms with Crippen LogP contribution in [-0.4, -0.2) is 12.5 Å². The Morgan fingerprint density at radius 2 is 2.17 bits per heavy atom. The van der Waals surface area contributed by atoms with Gasteiger partial charge >= 0.3 is 0 Å². The van der Waals surface area contributed by atoms with E-state index in [1.807, 2.05) is 45.0 Å². The monoisotopic (exact) mass is 244 g/mol. The molecule has 1 amide bonds. The summed E-state index contributed by atoms with van der Waals surface area (Å²) in [5.41, 5.74) is 1.99. The number of aryl methyl sites for hydroxylation is 1. The van der Waals surface area contributed by atoms with E-state index in [1.54, 1.807) is 4.90 Å². The van der Waals surface area contributed by atoms with Crippen LogP contribution >= 0.6 is 0 Å². The fourth-order valence-corrected chi connectivity index (χ4v) is 1.98. The molecule has 0 heterocycles. The Morgan fingerprint density at radius 1 is 1.44 bits per heavy atom. The molecule has 3 heteroatoms. The quantitative estimate of drug-likeness (QED) is 0.797. The minimum atomic E-state index is -0.532. The maximum Gasteiger partial charge on any atom is 0.244 e. The van der Waals surface area contributed by atoms with Crippen molar-refractivity contribution in [1.82, 2.24) is 0 Å². The van der Waals surface area contributed by atoms with Gasteiger partial charge in [0.1, 0.15) is 5.92 Å². The number of nitriles is 1. The van der Waals surface area contributed by atoms with Gasteiger partial charge in [0.15, 0.2) is 0 Å². The predicted molar refractivity (Wildman–Crippen MR) is 73.2 cm³/mol. The van der Waals surface area contributed by atoms with Crippen LogP contribution in [0.15, 0.2) is 24.3 Å². The molecular weight excluding hydrogens is 224 g/mol. The lowest BCUT2D eigenvalue weighted by atomic mass is 10.0. The molecular formula is C15H20N2O. The van der Waals surface area contributed by atoms with E-state index in [0.717, 1.165) is 17.7 Å². The maximum atomic E-state index is 12.3. The second-order valence-electron chi connectivity index (χ2n) is 4.39. The molecule has 0 aliphatic carbocycles. The normalized spacial score (nSPS) is 11.7. The number of hydrogen-bond donors (Lipinski definition) is 0. The van der Waals surface area contributed by atoms with E-state index in [4.69, 9.17) is 5.26 Å². The van der Waals surface area contributed by atoms with Crippen LogP contribution in [0.4, 0.5) is 5.69 Å². The topological polar surface area (TPSA) is 44.1 Å². The van der Waals surface area contributed by atoms with E-state index in [-0.39, 0.29) is 5.91 Å². The van der Waals surface area contributed by atoms with E-state index in [2.05, 4.69) is 6.07 Å². The summed E-state index contributed by atoms with van der Waals surface area (Å²) < 4.78 is 0. The molecule has 18 heavy (non-hydrogen) atoms. The van der Waals surface area contributed by atoms with Gasteiger partial charge in [-0.1, -0.05) is 25.5 Å². The first-order valence-corrected chi connectivity index (χ1v) is 6.41. The van der Waals surface area contributed by atoms with Crippen LogP contribution in [0, 0.1) is 24.2 Å². The van der Waals surface area contributed by atoms with Crippen molar-refractivity contribution < 1.29 is 4.79 Å². The van der Waals surface area contributed by atoms with Gasteiger partial charge in [-0.15, -0.1) is 0 Å². The van der Waals surface area contributed by atoms with Gasteiger partial charge in [0.05, 0.1) is 6.07 Å². The lowest BCUT2D eigenvalue weighted by Gasteiger charge is -2.23. The zero-order valence-corrected chi connectivity index (χ0v) is 11.3. The first-order valence-electron chi connectivity index (χ1n) is 6.41. The van der Waals surface area contributed by atoms with Crippen molar-refractivity contribution in [2.45, 2.75) is 33.6 Å². The molecule has 0 saturated carbocycles. The molecule has 0 fully saturated rings. The van der Waals surface area contributed by atoms with Crippen molar-refractivity contribution in [1.29, 1.82) is 5.26 Å². The average molecular weight is 244 g/mol. The molecule has 0 aliphatic heterocycles. The second kappa shape index (κ2) is 6.80. The third-order valence-corrected chi connectivity index (χ3v) is 2.93. The van der Waals surface area contributed by atoms with E-state index in [0.29, 0.717) is 13.0 Å². The van der Waals surface area contributed by atoms with Crippen LogP contribution in [0.1, 0.15) is 32.3 Å². The number of anilines is 1. The molecule has 3 nitrogen and oxygen atoms in total. The fraction of sp³-hybridized carbons (Fsp3) is 0.467. The van der Waals surface area contributed by atoms with Gasteiger partial charge in [0.25, 0.3) is 0 Å². The molecule has 1 unspecified atom stereocenters. The van der Waals surface area contributed by atoms with Gasteiger partial charge in [0.2, 0.25) is 5.91 Å². The molecule has 1 aromatic carbocycles. The van der Waals surface area contributed by atoms with Crippen molar-refractivity contribution in [2.24, 2.45) is 5.92 Å². The highest BCUT2D eigenvalue weighted by Gasteiger charge is 2.23. The van der Waals surface area contributed by atoms with Gasteiger partial charge in [-0.2, -0.15) is 5.26 Å². The third-order valence-electron chi connectivity index (χ3n) is 2.93. The number of nitrogens with zero attached hydrogens (tertiary/aromatic N) is 2. The van der Waals surface area contributed by atoms with Gasteiger partial charge in [0, 0.05) is 12.2 Å². The molecule has 0 aromatic heterocycles. The standard InChI is InChI=1S/C15H20N2O/c1-4-7-13(11-16)15(18)17(5-2)14-9-6-8-12(3)10-14/h6,8-10,13H,4-5,7H2,1-3H3. The molecule has 0 aliphatic rings. The summed E-state index contributed by atoms with van der Waals surface area (Å²) in [5.74, 6) is -0.622. The molecule has 0 bridgehead atoms. The maximum absolute atomic E-state index is 12.3. The Morgan fingerprint density at radius 3 is 2.67 bits per heavy atom. The average Bonchev–Trinajstić information content (AvgIpc) is 2.36. The molecule has 0 N–H and O–H groups in total. The van der Waals surface area contributed by atoms with Gasteiger partial charge in [-0.25, -0.2) is 0 Å². The third kappa shape index (κ3) is 3.33. The number of carbonyl (C=O) groups excluding carboxylic acids is 1. The van der Waals surface area contributed by atoms with Crippen molar-refractivity contribution in [3.63, 3.8) is 0 Å². The SMILES string of the molecule is CCCC(C#N)C(=O)N(CC)c1cccc(C)c1. The van der Waals surface area contributed by atoms with Gasteiger partial charge in [-0.05, 0) is 38.0 Å². The summed E-state index contributed by atoms with van der Waals surface area (Å²) in [7, 11) is 0. The van der Waals surface area contributed by atoms with E-state index in [1.165, 1.54) is 0 Å². The molecule has 1 rings (SSSR count). The molecule has 0 saturated heterocycles. The smallest absolute Gasteiger partial charge is 0.244 e. The van der Waals surface area contributed by atoms with Crippen LogP contribution < -0.4 is 4.90 Å². The predicted octanol–water partition coefficient (Wildman–Crippen LogP) is 3.29. The van der Waals surface area contributed by atoms with Crippen molar-refractivity contribution in [3.05, 3.63) is 29.8 Å². The Hall–Kier alpha value is -1.82. The fourth-order valence-electron chi connectivity index (χ4n) is 1.98. The lowest BCUT2D eigenvalue weighted by Crippen LogP contribution is -2.35. The zero-order chi connectivity index (χ0) is 13.5. The number of rotatable bonds is 5. The summed E-state index contributed by atoms with van der Waals surface area (Å²) in [6, 6.07) is 9.92. The highest BCUT2D eigenvalue weighted by atomic mass is 16.2. The van der Waals surface area contributed by atoms with Crippen molar-refractivity contribution in [3.8, 4) is 6.07 Å². The lowest BCUT2D eigenvalue weighted by molar-refractivity contribution is -0.120. The van der Waals surface area contributed by atoms with Crippen LogP contribution in [0.25, 0.3) is 0 Å². The Bertz CT molecular complexity index is 448. The van der Waals surface area contributed by atoms with E-state index in [9.17, 15) is 4.79 Å². The number of carbonyl (C=O) groups is 1. The highest BCUT2D eigenvalue weighted by molar-refractivity contribution is 5.96. The Balaban J connectivity index is 2.96. The van der Waals surface area contributed by atoms with E-state index < -0.39 is 5.92 Å². The summed E-state index contributed by atoms with van der Waals surface area (Å²) in [5, 5.41) is 9.08. The van der Waals surface area contributed by atoms with E-state index >= 15 is 0 Å². The molecule has 1 atom stereocenters. The van der Waals surface area contributed by atoms with Gasteiger partial charge < -0.3 is 4.90 Å². The van der Waals surface area contributed by atoms with Gasteiger partial charge in [-0.3, -0.25) is 4.79 Å². The largest absolute Gasteiger partial charge is 0.312 e. The summed E-state index contributed by atoms with van der Waals surface area (Å²) >= 11 is 0. The van der Waals surface area contributed by atoms with Crippen molar-refractivity contribution in [2.75, 3.05) is 11.4 Å². The Kier molecular flexibility index (Phi) is 5.38. The minimum absolute atomic E-state index is 0.0903. The first kappa shape index (κ1) is 14.2. The molecule has 1 aromatic rings. The first-order chi connectivity index (χ1) is 8.63. The van der Waals surface area contributed by atoms with Crippen molar-refractivity contribution >= 4 is 11.6 Å². The zero-order valence-electron chi connectivity index (χ0n) is 11.3. The van der Waals surface area contributed by atoms with Crippen LogP contribution in [-0.2, 0) is 4.79 Å². The van der Waals surface area contributed by atoms with Crippen LogP contribution in [0.5, 0.6) is 0 Å². The number of amides is 1. The summed E-state index contributed by atoms with van der Waals surface area (Å²) in [6.45, 7) is 6.50. The number of hydrogen-bond acceptors (Lipinski definition) is 2. The molecule has 0 radical (unpaired) electrons. The Labute approximate surface area is 109 Å². The van der Waals surface area contributed by atoms with Crippen LogP contribution in [0.2, 0.25) is 0 Å². The molecule has 96 valence electrons. The molecule has 0 spiro atoms. The number of benzene rings is 1. The van der Waals surface area contributed by atoms with Crippen LogP contribution in [0.3, 0.4) is 0 Å². The summed E-state index contributed by atoms with van der Waals surface area (Å²) in [6.07, 6.45) is 1.47. The second-order valence-corrected chi connectivity index (χ2v) is 4.39. The minimum Gasteiger partial charge on any atom is -0.312 e. The highest BCUT2D eigenvalue weighted by Crippen LogP contribution is 2.19. The summed E-state index contributed by atoms with van der Waals surface area (Å²) in [4.78, 5) is 14.0.